The highest BCUT2D eigenvalue weighted by Crippen LogP contribution is 2.15. The smallest absolute Gasteiger partial charge is 0.321 e. The minimum absolute atomic E-state index is 0.107. The van der Waals surface area contributed by atoms with Crippen molar-refractivity contribution in [3.8, 4) is 6.07 Å². The summed E-state index contributed by atoms with van der Waals surface area (Å²) >= 11 is 0. The van der Waals surface area contributed by atoms with Gasteiger partial charge in [-0.15, -0.1) is 0 Å². The average molecular weight is 257 g/mol. The molecule has 0 aromatic heterocycles. The Hall–Kier alpha value is -2.35. The molecule has 0 saturated carbocycles. The average Bonchev–Trinajstić information content (AvgIpc) is 2.42. The zero-order valence-electron chi connectivity index (χ0n) is 10.7. The van der Waals surface area contributed by atoms with E-state index in [0.717, 1.165) is 0 Å². The number of likely N-dealkylation sites (tertiary alicyclic amines) is 1. The molecule has 2 amide bonds. The molecule has 1 aromatic carbocycles. The van der Waals surface area contributed by atoms with Crippen LogP contribution in [0.3, 0.4) is 0 Å². The minimum Gasteiger partial charge on any atom is -0.323 e. The van der Waals surface area contributed by atoms with Gasteiger partial charge in [0.05, 0.1) is 11.6 Å². The van der Waals surface area contributed by atoms with Crippen molar-refractivity contribution in [1.82, 2.24) is 4.90 Å². The maximum absolute atomic E-state index is 12.0. The highest BCUT2D eigenvalue weighted by Gasteiger charge is 2.26. The van der Waals surface area contributed by atoms with E-state index in [1.54, 1.807) is 29.2 Å². The predicted octanol–water partition coefficient (Wildman–Crippen LogP) is 2.00. The number of amides is 2. The Morgan fingerprint density at radius 2 is 2.32 bits per heavy atom. The number of benzene rings is 1. The molecule has 0 radical (unpaired) electrons. The zero-order chi connectivity index (χ0) is 13.8. The summed E-state index contributed by atoms with van der Waals surface area (Å²) in [4.78, 5) is 25.1. The molecular formula is C14H15N3O2. The molecule has 1 fully saturated rings. The Labute approximate surface area is 111 Å². The highest BCUT2D eigenvalue weighted by atomic mass is 16.2. The van der Waals surface area contributed by atoms with E-state index in [0.29, 0.717) is 30.8 Å². The van der Waals surface area contributed by atoms with Gasteiger partial charge in [0.1, 0.15) is 5.78 Å². The lowest BCUT2D eigenvalue weighted by Gasteiger charge is -2.30. The van der Waals surface area contributed by atoms with Gasteiger partial charge in [-0.2, -0.15) is 5.26 Å². The SMILES string of the molecule is C[C@H]1CN(C(=O)Nc2cccc(C#N)c2)CCC1=O. The summed E-state index contributed by atoms with van der Waals surface area (Å²) in [5, 5.41) is 11.5. The maximum Gasteiger partial charge on any atom is 0.321 e. The van der Waals surface area contributed by atoms with Crippen molar-refractivity contribution in [3.63, 3.8) is 0 Å². The third kappa shape index (κ3) is 3.10. The highest BCUT2D eigenvalue weighted by molar-refractivity contribution is 5.91. The monoisotopic (exact) mass is 257 g/mol. The molecule has 1 N–H and O–H groups in total. The first-order valence-electron chi connectivity index (χ1n) is 6.19. The first-order valence-corrected chi connectivity index (χ1v) is 6.19. The van der Waals surface area contributed by atoms with Gasteiger partial charge in [0, 0.05) is 31.1 Å². The number of rotatable bonds is 1. The Morgan fingerprint density at radius 1 is 1.53 bits per heavy atom. The number of ketones is 1. The molecule has 19 heavy (non-hydrogen) atoms. The summed E-state index contributed by atoms with van der Waals surface area (Å²) in [6.07, 6.45) is 0.410. The van der Waals surface area contributed by atoms with Gasteiger partial charge < -0.3 is 10.2 Å². The first-order chi connectivity index (χ1) is 9.10. The molecule has 1 aliphatic rings. The zero-order valence-corrected chi connectivity index (χ0v) is 10.7. The number of urea groups is 1. The Morgan fingerprint density at radius 3 is 3.00 bits per heavy atom. The summed E-state index contributed by atoms with van der Waals surface area (Å²) in [7, 11) is 0. The number of nitriles is 1. The number of nitrogens with zero attached hydrogens (tertiary/aromatic N) is 2. The number of carbonyl (C=O) groups is 2. The van der Waals surface area contributed by atoms with E-state index in [4.69, 9.17) is 5.26 Å². The van der Waals surface area contributed by atoms with Crippen molar-refractivity contribution >= 4 is 17.5 Å². The van der Waals surface area contributed by atoms with Crippen LogP contribution < -0.4 is 5.32 Å². The lowest BCUT2D eigenvalue weighted by atomic mass is 9.99. The van der Waals surface area contributed by atoms with E-state index in [1.807, 2.05) is 13.0 Å². The van der Waals surface area contributed by atoms with Gasteiger partial charge in [-0.3, -0.25) is 4.79 Å². The van der Waals surface area contributed by atoms with E-state index in [9.17, 15) is 9.59 Å². The molecule has 0 aliphatic carbocycles. The largest absolute Gasteiger partial charge is 0.323 e. The second-order valence-electron chi connectivity index (χ2n) is 4.69. The molecule has 1 heterocycles. The molecule has 1 aliphatic heterocycles. The lowest BCUT2D eigenvalue weighted by Crippen LogP contribution is -2.45. The van der Waals surface area contributed by atoms with E-state index in [2.05, 4.69) is 5.32 Å². The second kappa shape index (κ2) is 5.53. The van der Waals surface area contributed by atoms with Crippen LogP contribution >= 0.6 is 0 Å². The molecule has 0 spiro atoms. The number of carbonyl (C=O) groups excluding carboxylic acids is 2. The predicted molar refractivity (Wildman–Crippen MR) is 70.5 cm³/mol. The van der Waals surface area contributed by atoms with Crippen LogP contribution in [0.4, 0.5) is 10.5 Å². The van der Waals surface area contributed by atoms with Crippen molar-refractivity contribution in [2.45, 2.75) is 13.3 Å². The van der Waals surface area contributed by atoms with Crippen molar-refractivity contribution in [2.24, 2.45) is 5.92 Å². The number of hydrogen-bond acceptors (Lipinski definition) is 3. The molecule has 0 bridgehead atoms. The molecule has 1 aromatic rings. The quantitative estimate of drug-likeness (QED) is 0.836. The molecule has 0 unspecified atom stereocenters. The molecule has 1 atom stereocenters. The van der Waals surface area contributed by atoms with Crippen LogP contribution in [-0.4, -0.2) is 29.8 Å². The Bertz CT molecular complexity index is 548. The molecule has 1 saturated heterocycles. The third-order valence-corrected chi connectivity index (χ3v) is 3.20. The van der Waals surface area contributed by atoms with Gasteiger partial charge in [0.2, 0.25) is 0 Å². The van der Waals surface area contributed by atoms with Crippen LogP contribution in [0.15, 0.2) is 24.3 Å². The van der Waals surface area contributed by atoms with Crippen LogP contribution in [0.25, 0.3) is 0 Å². The summed E-state index contributed by atoms with van der Waals surface area (Å²) in [6, 6.07) is 8.55. The normalized spacial score (nSPS) is 18.8. The summed E-state index contributed by atoms with van der Waals surface area (Å²) < 4.78 is 0. The van der Waals surface area contributed by atoms with E-state index in [-0.39, 0.29) is 17.7 Å². The van der Waals surface area contributed by atoms with E-state index in [1.165, 1.54) is 0 Å². The van der Waals surface area contributed by atoms with Gasteiger partial charge in [-0.05, 0) is 18.2 Å². The van der Waals surface area contributed by atoms with Crippen molar-refractivity contribution < 1.29 is 9.59 Å². The number of anilines is 1. The van der Waals surface area contributed by atoms with Crippen LogP contribution in [0.2, 0.25) is 0 Å². The number of nitrogens with one attached hydrogen (secondary N) is 1. The third-order valence-electron chi connectivity index (χ3n) is 3.20. The molecule has 5 heteroatoms. The van der Waals surface area contributed by atoms with Crippen molar-refractivity contribution in [3.05, 3.63) is 29.8 Å². The molecule has 5 nitrogen and oxygen atoms in total. The summed E-state index contributed by atoms with van der Waals surface area (Å²) in [6.45, 7) is 2.73. The van der Waals surface area contributed by atoms with Gasteiger partial charge in [0.15, 0.2) is 0 Å². The fraction of sp³-hybridized carbons (Fsp3) is 0.357. The van der Waals surface area contributed by atoms with Gasteiger partial charge >= 0.3 is 6.03 Å². The molecule has 98 valence electrons. The fourth-order valence-corrected chi connectivity index (χ4v) is 2.07. The van der Waals surface area contributed by atoms with Crippen LogP contribution in [0, 0.1) is 17.2 Å². The molecular weight excluding hydrogens is 242 g/mol. The van der Waals surface area contributed by atoms with E-state index < -0.39 is 0 Å². The van der Waals surface area contributed by atoms with Gasteiger partial charge in [0.25, 0.3) is 0 Å². The van der Waals surface area contributed by atoms with Crippen molar-refractivity contribution in [1.29, 1.82) is 5.26 Å². The lowest BCUT2D eigenvalue weighted by molar-refractivity contribution is -0.124. The Kier molecular flexibility index (Phi) is 3.81. The number of hydrogen-bond donors (Lipinski definition) is 1. The van der Waals surface area contributed by atoms with E-state index >= 15 is 0 Å². The summed E-state index contributed by atoms with van der Waals surface area (Å²) in [5.41, 5.74) is 1.09. The molecule has 2 rings (SSSR count). The minimum atomic E-state index is -0.227. The summed E-state index contributed by atoms with van der Waals surface area (Å²) in [5.74, 6) is 0.0977. The van der Waals surface area contributed by atoms with Crippen LogP contribution in [0.5, 0.6) is 0 Å². The standard InChI is InChI=1S/C14H15N3O2/c1-10-9-17(6-5-13(10)18)14(19)16-12-4-2-3-11(7-12)8-15/h2-4,7,10H,5-6,9H2,1H3,(H,16,19)/t10-/m0/s1. The van der Waals surface area contributed by atoms with Crippen LogP contribution in [0.1, 0.15) is 18.9 Å². The van der Waals surface area contributed by atoms with Crippen molar-refractivity contribution in [2.75, 3.05) is 18.4 Å². The van der Waals surface area contributed by atoms with Crippen LogP contribution in [-0.2, 0) is 4.79 Å². The maximum atomic E-state index is 12.0. The first kappa shape index (κ1) is 13.1. The second-order valence-corrected chi connectivity index (χ2v) is 4.69. The number of piperidine rings is 1. The number of Topliss-reactive ketones (excluding diaryl/α,β-unsaturated/α-hetero) is 1. The van der Waals surface area contributed by atoms with Gasteiger partial charge in [-0.25, -0.2) is 4.79 Å². The Balaban J connectivity index is 2.01. The topological polar surface area (TPSA) is 73.2 Å². The van der Waals surface area contributed by atoms with Gasteiger partial charge in [-0.1, -0.05) is 13.0 Å². The fourth-order valence-electron chi connectivity index (χ4n) is 2.07.